The number of rotatable bonds is 4. The van der Waals surface area contributed by atoms with E-state index in [2.05, 4.69) is 102 Å². The second kappa shape index (κ2) is 10.3. The molecule has 1 aliphatic heterocycles. The number of nitrogens with one attached hydrogen (secondary N) is 1. The maximum Gasteiger partial charge on any atom is 0.164 e. The summed E-state index contributed by atoms with van der Waals surface area (Å²) >= 11 is 0. The first kappa shape index (κ1) is 25.4. The number of hydrogen-bond donors (Lipinski definition) is 1. The van der Waals surface area contributed by atoms with E-state index in [-0.39, 0.29) is 0 Å². The quantitative estimate of drug-likeness (QED) is 0.225. The number of fused-ring (bicyclic) bond motifs is 5. The molecule has 8 aromatic rings. The van der Waals surface area contributed by atoms with Gasteiger partial charge in [-0.1, -0.05) is 115 Å². The van der Waals surface area contributed by atoms with Gasteiger partial charge in [0.15, 0.2) is 17.5 Å². The van der Waals surface area contributed by atoms with E-state index in [9.17, 15) is 0 Å². The summed E-state index contributed by atoms with van der Waals surface area (Å²) in [4.78, 5) is 15.1. The van der Waals surface area contributed by atoms with Crippen LogP contribution < -0.4 is 5.32 Å². The van der Waals surface area contributed by atoms with Gasteiger partial charge in [-0.15, -0.1) is 0 Å². The Balaban J connectivity index is 1.20. The van der Waals surface area contributed by atoms with Crippen molar-refractivity contribution in [3.63, 3.8) is 0 Å². The van der Waals surface area contributed by atoms with E-state index in [4.69, 9.17) is 19.4 Å². The van der Waals surface area contributed by atoms with Crippen LogP contribution in [0.25, 0.3) is 84.1 Å². The monoisotopic (exact) mass is 578 g/mol. The average molecular weight is 579 g/mol. The molecular formula is C40H26N4O. The number of nitrogens with zero attached hydrogens (tertiary/aromatic N) is 3. The fourth-order valence-corrected chi connectivity index (χ4v) is 6.24. The van der Waals surface area contributed by atoms with Crippen LogP contribution in [0, 0.1) is 0 Å². The van der Waals surface area contributed by atoms with Gasteiger partial charge in [0, 0.05) is 45.3 Å². The molecule has 9 rings (SSSR count). The van der Waals surface area contributed by atoms with Gasteiger partial charge in [-0.25, -0.2) is 15.0 Å². The summed E-state index contributed by atoms with van der Waals surface area (Å²) in [6.07, 6.45) is 4.25. The van der Waals surface area contributed by atoms with Gasteiger partial charge >= 0.3 is 0 Å². The Hall–Kier alpha value is -6.07. The molecule has 3 heterocycles. The summed E-state index contributed by atoms with van der Waals surface area (Å²) in [6, 6.07) is 43.9. The van der Waals surface area contributed by atoms with Gasteiger partial charge in [-0.3, -0.25) is 0 Å². The van der Waals surface area contributed by atoms with Crippen LogP contribution in [0.3, 0.4) is 0 Å². The van der Waals surface area contributed by atoms with Crippen molar-refractivity contribution in [2.24, 2.45) is 0 Å². The van der Waals surface area contributed by atoms with Crippen LogP contribution in [0.4, 0.5) is 5.69 Å². The first-order valence-electron chi connectivity index (χ1n) is 15.1. The third-order valence-electron chi connectivity index (χ3n) is 8.51. The Kier molecular flexibility index (Phi) is 5.81. The normalized spacial score (nSPS) is 12.4. The van der Waals surface area contributed by atoms with Gasteiger partial charge in [0.05, 0.1) is 0 Å². The fourth-order valence-electron chi connectivity index (χ4n) is 6.24. The van der Waals surface area contributed by atoms with E-state index in [0.717, 1.165) is 62.0 Å². The molecule has 1 N–H and O–H groups in total. The van der Waals surface area contributed by atoms with Crippen LogP contribution in [0.5, 0.6) is 0 Å². The lowest BCUT2D eigenvalue weighted by Gasteiger charge is -2.13. The molecule has 0 fully saturated rings. The second-order valence-corrected chi connectivity index (χ2v) is 11.3. The highest BCUT2D eigenvalue weighted by Crippen LogP contribution is 2.39. The minimum atomic E-state index is 0.608. The Labute approximate surface area is 259 Å². The van der Waals surface area contributed by atoms with Crippen molar-refractivity contribution in [1.29, 1.82) is 0 Å². The Morgan fingerprint density at radius 2 is 1.24 bits per heavy atom. The predicted molar refractivity (Wildman–Crippen MR) is 184 cm³/mol. The van der Waals surface area contributed by atoms with Crippen molar-refractivity contribution >= 4 is 44.5 Å². The Bertz CT molecular complexity index is 2420. The molecule has 0 saturated carbocycles. The number of anilines is 1. The van der Waals surface area contributed by atoms with E-state index in [0.29, 0.717) is 17.5 Å². The molecule has 0 radical (unpaired) electrons. The van der Waals surface area contributed by atoms with Gasteiger partial charge in [-0.2, -0.15) is 0 Å². The number of hydrogen-bond acceptors (Lipinski definition) is 5. The van der Waals surface area contributed by atoms with Crippen LogP contribution in [-0.2, 0) is 0 Å². The molecular weight excluding hydrogens is 552 g/mol. The van der Waals surface area contributed by atoms with Crippen LogP contribution in [0.2, 0.25) is 0 Å². The average Bonchev–Trinajstić information content (AvgIpc) is 3.48. The molecule has 5 heteroatoms. The van der Waals surface area contributed by atoms with Crippen molar-refractivity contribution < 1.29 is 4.42 Å². The molecule has 0 spiro atoms. The lowest BCUT2D eigenvalue weighted by molar-refractivity contribution is 0.669. The second-order valence-electron chi connectivity index (χ2n) is 11.3. The fraction of sp³-hybridized carbons (Fsp3) is 0.0250. The standard InChI is InChI=1S/C40H26N4O/c1-2-9-27(10-3-1)38-42-39(28-18-15-26(16-19-28)30-20-17-25-8-4-5-11-29(25)22-30)44-40(43-38)32-13-6-14-35-37(32)33-24-34-31(12-7-21-41-34)23-36(33)45-35/h1-20,22-24,41H,21H2. The molecule has 0 aliphatic carbocycles. The Morgan fingerprint density at radius 3 is 2.09 bits per heavy atom. The van der Waals surface area contributed by atoms with E-state index < -0.39 is 0 Å². The van der Waals surface area contributed by atoms with E-state index >= 15 is 0 Å². The summed E-state index contributed by atoms with van der Waals surface area (Å²) in [6.45, 7) is 0.804. The largest absolute Gasteiger partial charge is 0.456 e. The highest BCUT2D eigenvalue weighted by molar-refractivity contribution is 6.13. The third-order valence-corrected chi connectivity index (χ3v) is 8.51. The lowest BCUT2D eigenvalue weighted by Crippen LogP contribution is -2.03. The van der Waals surface area contributed by atoms with Crippen molar-refractivity contribution in [3.05, 3.63) is 139 Å². The van der Waals surface area contributed by atoms with Crippen molar-refractivity contribution in [2.75, 3.05) is 11.9 Å². The van der Waals surface area contributed by atoms with E-state index in [1.165, 1.54) is 16.3 Å². The maximum atomic E-state index is 6.36. The van der Waals surface area contributed by atoms with Crippen LogP contribution in [-0.4, -0.2) is 21.5 Å². The highest BCUT2D eigenvalue weighted by Gasteiger charge is 2.19. The van der Waals surface area contributed by atoms with Gasteiger partial charge < -0.3 is 9.73 Å². The topological polar surface area (TPSA) is 63.8 Å². The van der Waals surface area contributed by atoms with Crippen LogP contribution in [0.15, 0.2) is 138 Å². The van der Waals surface area contributed by atoms with Gasteiger partial charge in [-0.05, 0) is 46.2 Å². The van der Waals surface area contributed by atoms with Crippen molar-refractivity contribution in [1.82, 2.24) is 15.0 Å². The summed E-state index contributed by atoms with van der Waals surface area (Å²) in [5, 5.41) is 7.97. The SMILES string of the molecule is C1=Cc2cc3oc4cccc(-c5nc(-c6ccccc6)nc(-c6ccc(-c7ccc8ccccc8c7)cc6)n5)c4c3cc2NC1. The highest BCUT2D eigenvalue weighted by atomic mass is 16.3. The minimum Gasteiger partial charge on any atom is -0.456 e. The molecule has 45 heavy (non-hydrogen) atoms. The lowest BCUT2D eigenvalue weighted by atomic mass is 10.00. The molecule has 0 atom stereocenters. The number of benzene rings is 6. The minimum absolute atomic E-state index is 0.608. The summed E-state index contributed by atoms with van der Waals surface area (Å²) in [7, 11) is 0. The molecule has 1 aliphatic rings. The molecule has 0 saturated heterocycles. The third kappa shape index (κ3) is 4.45. The Morgan fingerprint density at radius 1 is 0.533 bits per heavy atom. The van der Waals surface area contributed by atoms with E-state index in [1.54, 1.807) is 0 Å². The first-order chi connectivity index (χ1) is 22.3. The van der Waals surface area contributed by atoms with Crippen LogP contribution >= 0.6 is 0 Å². The zero-order valence-electron chi connectivity index (χ0n) is 24.2. The van der Waals surface area contributed by atoms with Gasteiger partial charge in [0.2, 0.25) is 0 Å². The van der Waals surface area contributed by atoms with Gasteiger partial charge in [0.1, 0.15) is 11.2 Å². The molecule has 0 bridgehead atoms. The molecule has 2 aromatic heterocycles. The smallest absolute Gasteiger partial charge is 0.164 e. The summed E-state index contributed by atoms with van der Waals surface area (Å²) < 4.78 is 6.36. The number of furan rings is 1. The molecule has 5 nitrogen and oxygen atoms in total. The summed E-state index contributed by atoms with van der Waals surface area (Å²) in [5.41, 5.74) is 8.94. The molecule has 6 aromatic carbocycles. The van der Waals surface area contributed by atoms with Crippen molar-refractivity contribution in [2.45, 2.75) is 0 Å². The number of aromatic nitrogens is 3. The predicted octanol–water partition coefficient (Wildman–Crippen LogP) is 10.0. The zero-order chi connectivity index (χ0) is 29.7. The first-order valence-corrected chi connectivity index (χ1v) is 15.1. The van der Waals surface area contributed by atoms with Gasteiger partial charge in [0.25, 0.3) is 0 Å². The molecule has 0 unspecified atom stereocenters. The van der Waals surface area contributed by atoms with Crippen LogP contribution in [0.1, 0.15) is 5.56 Å². The maximum absolute atomic E-state index is 6.36. The molecule has 212 valence electrons. The summed E-state index contributed by atoms with van der Waals surface area (Å²) in [5.74, 6) is 1.86. The van der Waals surface area contributed by atoms with E-state index in [1.807, 2.05) is 42.5 Å². The molecule has 0 amide bonds. The zero-order valence-corrected chi connectivity index (χ0v) is 24.2. The van der Waals surface area contributed by atoms with Crippen molar-refractivity contribution in [3.8, 4) is 45.3 Å².